The lowest BCUT2D eigenvalue weighted by atomic mass is 10.2. The Morgan fingerprint density at radius 3 is 2.60 bits per heavy atom. The minimum absolute atomic E-state index is 0.0862. The molecule has 1 rings (SSSR count). The van der Waals surface area contributed by atoms with E-state index < -0.39 is 14.0 Å². The lowest BCUT2D eigenvalue weighted by molar-refractivity contribution is -0.385. The van der Waals surface area contributed by atoms with E-state index in [9.17, 15) is 18.5 Å². The van der Waals surface area contributed by atoms with Crippen molar-refractivity contribution in [1.29, 1.82) is 0 Å². The number of halogens is 1. The van der Waals surface area contributed by atoms with Crippen LogP contribution in [-0.2, 0) is 9.05 Å². The fraction of sp³-hybridized carbons (Fsp3) is 0.455. The largest absolute Gasteiger partial charge is 0.497 e. The predicted molar refractivity (Wildman–Crippen MR) is 74.0 cm³/mol. The summed E-state index contributed by atoms with van der Waals surface area (Å²) in [6.07, 6.45) is 0.740. The van der Waals surface area contributed by atoms with E-state index in [1.54, 1.807) is 0 Å². The van der Waals surface area contributed by atoms with Crippen LogP contribution in [0.15, 0.2) is 18.2 Å². The van der Waals surface area contributed by atoms with Crippen molar-refractivity contribution in [3.63, 3.8) is 0 Å². The van der Waals surface area contributed by atoms with Gasteiger partial charge in [0.1, 0.15) is 5.75 Å². The van der Waals surface area contributed by atoms with Gasteiger partial charge in [0.05, 0.1) is 24.4 Å². The van der Waals surface area contributed by atoms with Gasteiger partial charge in [-0.05, 0) is 18.9 Å². The summed E-state index contributed by atoms with van der Waals surface area (Å²) < 4.78 is 31.7. The van der Waals surface area contributed by atoms with Gasteiger partial charge in [-0.25, -0.2) is 8.42 Å². The second kappa shape index (κ2) is 7.30. The summed E-state index contributed by atoms with van der Waals surface area (Å²) in [4.78, 5) is 10.3. The summed E-state index contributed by atoms with van der Waals surface area (Å²) in [6, 6.07) is 4.17. The monoisotopic (exact) mass is 323 g/mol. The first-order valence-electron chi connectivity index (χ1n) is 5.71. The number of rotatable bonds is 8. The molecular formula is C11H14ClNO6S. The molecule has 20 heavy (non-hydrogen) atoms. The number of benzene rings is 1. The zero-order valence-corrected chi connectivity index (χ0v) is 12.3. The molecule has 0 aliphatic rings. The molecular weight excluding hydrogens is 310 g/mol. The lowest BCUT2D eigenvalue weighted by Gasteiger charge is -2.08. The average molecular weight is 324 g/mol. The Labute approximate surface area is 121 Å². The molecule has 0 unspecified atom stereocenters. The lowest BCUT2D eigenvalue weighted by Crippen LogP contribution is -2.04. The topological polar surface area (TPSA) is 95.7 Å². The van der Waals surface area contributed by atoms with Crippen molar-refractivity contribution >= 4 is 25.4 Å². The van der Waals surface area contributed by atoms with Crippen molar-refractivity contribution < 1.29 is 22.8 Å². The molecule has 0 N–H and O–H groups in total. The summed E-state index contributed by atoms with van der Waals surface area (Å²) in [5.41, 5.74) is -0.171. The van der Waals surface area contributed by atoms with E-state index in [0.717, 1.165) is 0 Å². The number of nitro benzene ring substituents is 1. The highest BCUT2D eigenvalue weighted by molar-refractivity contribution is 8.13. The van der Waals surface area contributed by atoms with Gasteiger partial charge in [0, 0.05) is 22.8 Å². The second-order valence-corrected chi connectivity index (χ2v) is 6.79. The van der Waals surface area contributed by atoms with Crippen molar-refractivity contribution in [1.82, 2.24) is 0 Å². The molecule has 1 aromatic rings. The third-order valence-corrected chi connectivity index (χ3v) is 3.64. The summed E-state index contributed by atoms with van der Waals surface area (Å²) in [5.74, 6) is 0.370. The average Bonchev–Trinajstić information content (AvgIpc) is 2.36. The molecule has 1 aromatic carbocycles. The van der Waals surface area contributed by atoms with Gasteiger partial charge >= 0.3 is 5.69 Å². The van der Waals surface area contributed by atoms with Gasteiger partial charge in [0.15, 0.2) is 0 Å². The highest BCUT2D eigenvalue weighted by Gasteiger charge is 2.16. The summed E-state index contributed by atoms with van der Waals surface area (Å²) >= 11 is 0. The summed E-state index contributed by atoms with van der Waals surface area (Å²) in [7, 11) is 2.99. The predicted octanol–water partition coefficient (Wildman–Crippen LogP) is 2.33. The zero-order chi connectivity index (χ0) is 15.2. The van der Waals surface area contributed by atoms with Gasteiger partial charge in [-0.15, -0.1) is 0 Å². The normalized spacial score (nSPS) is 11.1. The molecule has 0 amide bonds. The molecule has 112 valence electrons. The first kappa shape index (κ1) is 16.5. The quantitative estimate of drug-likeness (QED) is 0.315. The van der Waals surface area contributed by atoms with Crippen molar-refractivity contribution in [3.8, 4) is 11.5 Å². The van der Waals surface area contributed by atoms with E-state index in [0.29, 0.717) is 18.6 Å². The fourth-order valence-electron chi connectivity index (χ4n) is 1.45. The third-order valence-electron chi connectivity index (χ3n) is 2.40. The minimum atomic E-state index is -3.51. The molecule has 0 bridgehead atoms. The van der Waals surface area contributed by atoms with Crippen molar-refractivity contribution in [3.05, 3.63) is 28.3 Å². The van der Waals surface area contributed by atoms with Crippen LogP contribution in [0.25, 0.3) is 0 Å². The number of hydrogen-bond donors (Lipinski definition) is 0. The number of nitro groups is 1. The molecule has 0 aliphatic heterocycles. The van der Waals surface area contributed by atoms with Gasteiger partial charge in [-0.1, -0.05) is 0 Å². The van der Waals surface area contributed by atoms with E-state index in [1.165, 1.54) is 25.3 Å². The molecule has 0 heterocycles. The molecule has 7 nitrogen and oxygen atoms in total. The molecule has 0 fully saturated rings. The van der Waals surface area contributed by atoms with E-state index in [4.69, 9.17) is 20.2 Å². The fourth-order valence-corrected chi connectivity index (χ4v) is 2.32. The molecule has 9 heteroatoms. The summed E-state index contributed by atoms with van der Waals surface area (Å²) in [5, 5.41) is 10.8. The molecule has 0 aliphatic carbocycles. The van der Waals surface area contributed by atoms with E-state index >= 15 is 0 Å². The van der Waals surface area contributed by atoms with Gasteiger partial charge < -0.3 is 9.47 Å². The first-order chi connectivity index (χ1) is 9.33. The Balaban J connectivity index is 2.60. The van der Waals surface area contributed by atoms with Crippen LogP contribution in [0.4, 0.5) is 5.69 Å². The summed E-state index contributed by atoms with van der Waals surface area (Å²) in [6.45, 7) is 0.153. The maximum absolute atomic E-state index is 10.8. The smallest absolute Gasteiger partial charge is 0.311 e. The van der Waals surface area contributed by atoms with Crippen molar-refractivity contribution in [2.45, 2.75) is 12.8 Å². The van der Waals surface area contributed by atoms with Crippen LogP contribution < -0.4 is 9.47 Å². The van der Waals surface area contributed by atoms with Crippen LogP contribution in [0.2, 0.25) is 0 Å². The highest BCUT2D eigenvalue weighted by Crippen LogP contribution is 2.31. The van der Waals surface area contributed by atoms with Gasteiger partial charge in [0.2, 0.25) is 14.8 Å². The molecule has 0 saturated heterocycles. The maximum atomic E-state index is 10.8. The number of methoxy groups -OCH3 is 1. The molecule has 0 atom stereocenters. The van der Waals surface area contributed by atoms with Crippen molar-refractivity contribution in [2.24, 2.45) is 0 Å². The van der Waals surface area contributed by atoms with Gasteiger partial charge in [-0.3, -0.25) is 10.1 Å². The zero-order valence-electron chi connectivity index (χ0n) is 10.7. The van der Waals surface area contributed by atoms with E-state index in [1.807, 2.05) is 0 Å². The van der Waals surface area contributed by atoms with Crippen LogP contribution in [0.3, 0.4) is 0 Å². The highest BCUT2D eigenvalue weighted by atomic mass is 35.7. The Bertz CT molecular complexity index is 574. The Kier molecular flexibility index (Phi) is 6.03. The van der Waals surface area contributed by atoms with Gasteiger partial charge in [0.25, 0.3) is 0 Å². The van der Waals surface area contributed by atoms with E-state index in [2.05, 4.69) is 0 Å². The molecule has 0 radical (unpaired) electrons. The van der Waals surface area contributed by atoms with Crippen LogP contribution in [0.1, 0.15) is 12.8 Å². The minimum Gasteiger partial charge on any atom is -0.497 e. The van der Waals surface area contributed by atoms with E-state index in [-0.39, 0.29) is 23.8 Å². The number of unbranched alkanes of at least 4 members (excludes halogenated alkanes) is 1. The molecule has 0 aromatic heterocycles. The first-order valence-corrected chi connectivity index (χ1v) is 8.19. The van der Waals surface area contributed by atoms with Crippen molar-refractivity contribution in [2.75, 3.05) is 19.5 Å². The van der Waals surface area contributed by atoms with Gasteiger partial charge in [-0.2, -0.15) is 0 Å². The second-order valence-electron chi connectivity index (χ2n) is 3.89. The Hall–Kier alpha value is -1.54. The molecule has 0 saturated carbocycles. The molecule has 0 spiro atoms. The standard InChI is InChI=1S/C11H14ClNO6S/c1-18-9-4-5-10(13(14)15)11(8-9)19-6-2-3-7-20(12,16)17/h4-5,8H,2-3,6-7H2,1H3. The number of ether oxygens (including phenoxy) is 2. The maximum Gasteiger partial charge on any atom is 0.311 e. The SMILES string of the molecule is COc1ccc([N+](=O)[O-])c(OCCCCS(=O)(=O)Cl)c1. The Morgan fingerprint density at radius 1 is 1.35 bits per heavy atom. The van der Waals surface area contributed by atoms with Crippen LogP contribution in [0, 0.1) is 10.1 Å². The van der Waals surface area contributed by atoms with Crippen LogP contribution in [-0.4, -0.2) is 32.8 Å². The Morgan fingerprint density at radius 2 is 2.05 bits per heavy atom. The third kappa shape index (κ3) is 5.62. The number of nitrogens with zero attached hydrogens (tertiary/aromatic N) is 1. The number of hydrogen-bond acceptors (Lipinski definition) is 6. The van der Waals surface area contributed by atoms with Crippen LogP contribution >= 0.6 is 10.7 Å². The van der Waals surface area contributed by atoms with Crippen LogP contribution in [0.5, 0.6) is 11.5 Å².